The fraction of sp³-hybridized carbons (Fsp3) is 0.345. The maximum absolute atomic E-state index is 11.3. The Morgan fingerprint density at radius 2 is 1.86 bits per heavy atom. The van der Waals surface area contributed by atoms with Crippen LogP contribution >= 0.6 is 0 Å². The molecule has 1 heterocycles. The van der Waals surface area contributed by atoms with E-state index in [9.17, 15) is 13.2 Å². The summed E-state index contributed by atoms with van der Waals surface area (Å²) in [5, 5.41) is 12.5. The molecule has 0 bridgehead atoms. The largest absolute Gasteiger partial charge is 0.494 e. The summed E-state index contributed by atoms with van der Waals surface area (Å²) >= 11 is 0. The topological polar surface area (TPSA) is 102 Å². The highest BCUT2D eigenvalue weighted by Crippen LogP contribution is 2.37. The van der Waals surface area contributed by atoms with Gasteiger partial charge in [-0.3, -0.25) is 4.79 Å². The van der Waals surface area contributed by atoms with Crippen molar-refractivity contribution in [1.29, 1.82) is 0 Å². The van der Waals surface area contributed by atoms with Gasteiger partial charge in [0.1, 0.15) is 27.9 Å². The minimum absolute atomic E-state index is 0.0182. The Balaban J connectivity index is 1.47. The zero-order chi connectivity index (χ0) is 26.6. The molecule has 1 aliphatic heterocycles. The van der Waals surface area contributed by atoms with E-state index in [1.165, 1.54) is 6.26 Å². The van der Waals surface area contributed by atoms with Crippen LogP contribution in [0.4, 0.5) is 5.69 Å². The third-order valence-corrected chi connectivity index (χ3v) is 7.45. The number of rotatable bonds is 10. The Morgan fingerprint density at radius 3 is 2.57 bits per heavy atom. The number of aryl methyl sites for hydroxylation is 3. The van der Waals surface area contributed by atoms with Crippen LogP contribution in [0, 0.1) is 13.8 Å². The van der Waals surface area contributed by atoms with Crippen LogP contribution in [-0.2, 0) is 21.1 Å². The lowest BCUT2D eigenvalue weighted by molar-refractivity contribution is -0.136. The van der Waals surface area contributed by atoms with Crippen molar-refractivity contribution in [3.8, 4) is 22.6 Å². The average Bonchev–Trinajstić information content (AvgIpc) is 2.84. The molecule has 1 atom stereocenters. The fourth-order valence-electron chi connectivity index (χ4n) is 4.68. The van der Waals surface area contributed by atoms with E-state index in [1.807, 2.05) is 36.4 Å². The predicted molar refractivity (Wildman–Crippen MR) is 145 cm³/mol. The summed E-state index contributed by atoms with van der Waals surface area (Å²) in [6, 6.07) is 18.2. The maximum Gasteiger partial charge on any atom is 0.303 e. The highest BCUT2D eigenvalue weighted by Gasteiger charge is 2.21. The van der Waals surface area contributed by atoms with Gasteiger partial charge in [0.25, 0.3) is 0 Å². The first kappa shape index (κ1) is 26.5. The summed E-state index contributed by atoms with van der Waals surface area (Å²) in [6.07, 6.45) is 2.26. The number of carboxylic acid groups (broad SMARTS) is 1. The fourth-order valence-corrected chi connectivity index (χ4v) is 5.32. The van der Waals surface area contributed by atoms with Crippen LogP contribution in [0.3, 0.4) is 0 Å². The Morgan fingerprint density at radius 1 is 1.11 bits per heavy atom. The van der Waals surface area contributed by atoms with Crippen molar-refractivity contribution >= 4 is 21.5 Å². The van der Waals surface area contributed by atoms with Crippen molar-refractivity contribution in [2.45, 2.75) is 39.2 Å². The minimum atomic E-state index is -2.99. The summed E-state index contributed by atoms with van der Waals surface area (Å²) in [6.45, 7) is 4.94. The first-order valence-corrected chi connectivity index (χ1v) is 14.4. The monoisotopic (exact) mass is 523 g/mol. The van der Waals surface area contributed by atoms with E-state index in [-0.39, 0.29) is 18.2 Å². The van der Waals surface area contributed by atoms with Gasteiger partial charge < -0.3 is 19.9 Å². The lowest BCUT2D eigenvalue weighted by Crippen LogP contribution is -2.24. The molecule has 0 aliphatic carbocycles. The maximum atomic E-state index is 11.3. The second kappa shape index (κ2) is 11.3. The molecule has 7 nitrogen and oxygen atoms in total. The van der Waals surface area contributed by atoms with Gasteiger partial charge in [0.05, 0.1) is 24.1 Å². The molecule has 4 rings (SSSR count). The van der Waals surface area contributed by atoms with Gasteiger partial charge in [0.15, 0.2) is 0 Å². The SMILES string of the molecule is Cc1cc(OCCCS(C)(=O)=O)cc(C)c1-c1cccc(C2COc3cc(CCC(=O)O)ccc3N2)c1. The molecule has 0 fully saturated rings. The molecule has 1 unspecified atom stereocenters. The highest BCUT2D eigenvalue weighted by molar-refractivity contribution is 7.90. The Labute approximate surface area is 218 Å². The van der Waals surface area contributed by atoms with E-state index >= 15 is 0 Å². The van der Waals surface area contributed by atoms with E-state index in [2.05, 4.69) is 37.4 Å². The first-order chi connectivity index (χ1) is 17.6. The number of hydrogen-bond acceptors (Lipinski definition) is 6. The lowest BCUT2D eigenvalue weighted by Gasteiger charge is -2.28. The minimum Gasteiger partial charge on any atom is -0.494 e. The molecule has 3 aromatic rings. The number of fused-ring (bicyclic) bond motifs is 1. The first-order valence-electron chi connectivity index (χ1n) is 12.4. The van der Waals surface area contributed by atoms with E-state index in [1.54, 1.807) is 0 Å². The molecule has 1 aliphatic rings. The van der Waals surface area contributed by atoms with E-state index < -0.39 is 15.8 Å². The molecular formula is C29H33NO6S. The van der Waals surface area contributed by atoms with Crippen LogP contribution in [0.25, 0.3) is 11.1 Å². The van der Waals surface area contributed by atoms with E-state index in [4.69, 9.17) is 14.6 Å². The predicted octanol–water partition coefficient (Wildman–Crippen LogP) is 5.35. The number of benzene rings is 3. The number of hydrogen-bond donors (Lipinski definition) is 2. The Hall–Kier alpha value is -3.52. The molecule has 0 aromatic heterocycles. The summed E-state index contributed by atoms with van der Waals surface area (Å²) in [5.74, 6) is 0.790. The van der Waals surface area contributed by atoms with Crippen LogP contribution < -0.4 is 14.8 Å². The smallest absolute Gasteiger partial charge is 0.303 e. The number of carboxylic acids is 1. The van der Waals surface area contributed by atoms with Crippen molar-refractivity contribution in [1.82, 2.24) is 0 Å². The number of anilines is 1. The van der Waals surface area contributed by atoms with Gasteiger partial charge in [0.2, 0.25) is 0 Å². The Kier molecular flexibility index (Phi) is 8.07. The normalized spacial score (nSPS) is 14.8. The van der Waals surface area contributed by atoms with Gasteiger partial charge in [0, 0.05) is 12.7 Å². The van der Waals surface area contributed by atoms with Crippen LogP contribution in [0.5, 0.6) is 11.5 Å². The van der Waals surface area contributed by atoms with Gasteiger partial charge in [-0.15, -0.1) is 0 Å². The highest BCUT2D eigenvalue weighted by atomic mass is 32.2. The molecule has 0 saturated heterocycles. The molecule has 0 spiro atoms. The zero-order valence-corrected chi connectivity index (χ0v) is 22.2. The third kappa shape index (κ3) is 7.04. The van der Waals surface area contributed by atoms with Gasteiger partial charge in [-0.2, -0.15) is 0 Å². The van der Waals surface area contributed by atoms with Crippen LogP contribution in [0.2, 0.25) is 0 Å². The van der Waals surface area contributed by atoms with Gasteiger partial charge in [-0.05, 0) is 90.4 Å². The molecule has 8 heteroatoms. The molecular weight excluding hydrogens is 490 g/mol. The van der Waals surface area contributed by atoms with Crippen molar-refractivity contribution in [3.05, 3.63) is 76.9 Å². The number of ether oxygens (including phenoxy) is 2. The number of carbonyl (C=O) groups is 1. The summed E-state index contributed by atoms with van der Waals surface area (Å²) in [4.78, 5) is 10.9. The molecule has 196 valence electrons. The van der Waals surface area contributed by atoms with Gasteiger partial charge >= 0.3 is 5.97 Å². The molecule has 0 saturated carbocycles. The van der Waals surface area contributed by atoms with Crippen LogP contribution in [0.15, 0.2) is 54.6 Å². The summed E-state index contributed by atoms with van der Waals surface area (Å²) in [5.41, 5.74) is 7.36. The van der Waals surface area contributed by atoms with E-state index in [0.29, 0.717) is 26.1 Å². The molecule has 0 radical (unpaired) electrons. The Bertz CT molecular complexity index is 1380. The molecule has 3 aromatic carbocycles. The molecule has 2 N–H and O–H groups in total. The third-order valence-electron chi connectivity index (χ3n) is 6.42. The number of nitrogens with one attached hydrogen (secondary N) is 1. The summed E-state index contributed by atoms with van der Waals surface area (Å²) < 4.78 is 34.5. The lowest BCUT2D eigenvalue weighted by atomic mass is 9.93. The standard InChI is InChI=1S/C29H33NO6S/c1-19-14-24(35-12-5-13-37(3,33)34)15-20(2)29(19)23-7-4-6-22(17-23)26-18-36-27-16-21(9-11-28(31)32)8-10-25(27)30-26/h4,6-8,10,14-17,26,30H,5,9,11-13,18H2,1-3H3,(H,31,32). The second-order valence-electron chi connectivity index (χ2n) is 9.62. The second-order valence-corrected chi connectivity index (χ2v) is 11.9. The van der Waals surface area contributed by atoms with Gasteiger partial charge in [-0.1, -0.05) is 24.3 Å². The number of aliphatic carboxylic acids is 1. The zero-order valence-electron chi connectivity index (χ0n) is 21.4. The van der Waals surface area contributed by atoms with Crippen LogP contribution in [0.1, 0.15) is 41.1 Å². The molecule has 0 amide bonds. The van der Waals surface area contributed by atoms with Crippen molar-refractivity contribution in [3.63, 3.8) is 0 Å². The average molecular weight is 524 g/mol. The van der Waals surface area contributed by atoms with Crippen molar-refractivity contribution < 1.29 is 27.8 Å². The van der Waals surface area contributed by atoms with Crippen LogP contribution in [-0.4, -0.2) is 44.7 Å². The quantitative estimate of drug-likeness (QED) is 0.346. The summed E-state index contributed by atoms with van der Waals surface area (Å²) in [7, 11) is -2.99. The van der Waals surface area contributed by atoms with Crippen molar-refractivity contribution in [2.75, 3.05) is 30.5 Å². The van der Waals surface area contributed by atoms with Gasteiger partial charge in [-0.25, -0.2) is 8.42 Å². The number of sulfone groups is 1. The molecule has 37 heavy (non-hydrogen) atoms. The van der Waals surface area contributed by atoms with Crippen molar-refractivity contribution in [2.24, 2.45) is 0 Å². The van der Waals surface area contributed by atoms with E-state index in [0.717, 1.165) is 50.6 Å².